The van der Waals surface area contributed by atoms with Gasteiger partial charge >= 0.3 is 0 Å². The number of phosphoric ester groups is 1. The summed E-state index contributed by atoms with van der Waals surface area (Å²) in [5.74, 6) is -0.161. The molecular formula is C56H115N2O6P. The Bertz CT molecular complexity index is 1030. The zero-order valence-corrected chi connectivity index (χ0v) is 45.4. The molecule has 0 aromatic heterocycles. The molecule has 0 rings (SSSR count). The number of nitrogens with zero attached hydrogens (tertiary/aromatic N) is 1. The molecule has 0 saturated carbocycles. The van der Waals surface area contributed by atoms with Gasteiger partial charge in [0.1, 0.15) is 13.2 Å². The summed E-state index contributed by atoms with van der Waals surface area (Å²) < 4.78 is 23.4. The summed E-state index contributed by atoms with van der Waals surface area (Å²) in [6.45, 7) is 4.75. The number of nitrogens with one attached hydrogen (secondary N) is 1. The predicted octanol–water partition coefficient (Wildman–Crippen LogP) is 16.6. The summed E-state index contributed by atoms with van der Waals surface area (Å²) in [5, 5.41) is 14.0. The molecule has 8 nitrogen and oxygen atoms in total. The Hall–Kier alpha value is -0.500. The highest BCUT2D eigenvalue weighted by Gasteiger charge is 2.24. The topological polar surface area (TPSA) is 108 Å². The molecule has 3 atom stereocenters. The minimum absolute atomic E-state index is 0.0163. The number of aliphatic hydroxyl groups is 1. The van der Waals surface area contributed by atoms with Crippen LogP contribution < -0.4 is 10.2 Å². The number of amides is 1. The van der Waals surface area contributed by atoms with Crippen molar-refractivity contribution in [3.8, 4) is 0 Å². The van der Waals surface area contributed by atoms with Crippen molar-refractivity contribution < 1.29 is 32.9 Å². The quantitative estimate of drug-likeness (QED) is 0.0357. The van der Waals surface area contributed by atoms with Crippen molar-refractivity contribution in [1.29, 1.82) is 0 Å². The summed E-state index contributed by atoms with van der Waals surface area (Å²) in [5.41, 5.74) is 0. The van der Waals surface area contributed by atoms with E-state index in [0.717, 1.165) is 38.5 Å². The van der Waals surface area contributed by atoms with Gasteiger partial charge in [-0.3, -0.25) is 9.36 Å². The Labute approximate surface area is 406 Å². The van der Waals surface area contributed by atoms with Gasteiger partial charge in [-0.15, -0.1) is 0 Å². The van der Waals surface area contributed by atoms with Crippen molar-refractivity contribution in [2.45, 2.75) is 315 Å². The molecule has 0 aromatic rings. The Morgan fingerprint density at radius 1 is 0.477 bits per heavy atom. The lowest BCUT2D eigenvalue weighted by molar-refractivity contribution is -0.870. The number of carbonyl (C=O) groups excluding carboxylic acids is 1. The van der Waals surface area contributed by atoms with E-state index in [1.54, 1.807) is 0 Å². The zero-order chi connectivity index (χ0) is 47.8. The number of quaternary nitrogens is 1. The summed E-state index contributed by atoms with van der Waals surface area (Å²) in [6, 6.07) is -0.794. The number of aliphatic hydroxyl groups excluding tert-OH is 1. The molecule has 9 heteroatoms. The first-order valence-electron chi connectivity index (χ1n) is 28.9. The van der Waals surface area contributed by atoms with E-state index >= 15 is 0 Å². The van der Waals surface area contributed by atoms with E-state index in [9.17, 15) is 19.4 Å². The molecule has 0 bridgehead atoms. The number of hydrogen-bond acceptors (Lipinski definition) is 6. The minimum atomic E-state index is -4.56. The van der Waals surface area contributed by atoms with Crippen LogP contribution in [0.1, 0.15) is 303 Å². The van der Waals surface area contributed by atoms with Gasteiger partial charge in [-0.05, 0) is 12.8 Å². The smallest absolute Gasteiger partial charge is 0.268 e. The third kappa shape index (κ3) is 51.2. The van der Waals surface area contributed by atoms with Crippen molar-refractivity contribution in [2.75, 3.05) is 40.9 Å². The molecule has 0 saturated heterocycles. The van der Waals surface area contributed by atoms with Crippen LogP contribution in [0.15, 0.2) is 0 Å². The fraction of sp³-hybridized carbons (Fsp3) is 0.982. The standard InChI is InChI=1S/C56H115N2O6P/c1-6-8-10-12-14-16-18-19-20-21-22-23-24-25-26-27-28-29-30-31-32-33-34-35-36-37-38-40-41-43-45-47-49-55(59)54(53-64-65(61,62)63-52-51-58(3,4)5)57-56(60)50-48-46-44-42-39-17-15-13-11-9-7-2/h54-55,59H,6-53H2,1-5H3,(H-,57,60,61,62). The van der Waals surface area contributed by atoms with Crippen LogP contribution in [0.3, 0.4) is 0 Å². The van der Waals surface area contributed by atoms with Crippen LogP contribution in [-0.4, -0.2) is 68.5 Å². The minimum Gasteiger partial charge on any atom is -0.756 e. The van der Waals surface area contributed by atoms with Gasteiger partial charge < -0.3 is 28.8 Å². The number of hydrogen-bond donors (Lipinski definition) is 2. The first-order chi connectivity index (χ1) is 31.5. The van der Waals surface area contributed by atoms with Gasteiger partial charge in [-0.2, -0.15) is 0 Å². The van der Waals surface area contributed by atoms with E-state index in [-0.39, 0.29) is 19.1 Å². The Morgan fingerprint density at radius 3 is 1.05 bits per heavy atom. The van der Waals surface area contributed by atoms with Crippen LogP contribution in [0.2, 0.25) is 0 Å². The number of carbonyl (C=O) groups is 1. The second-order valence-corrected chi connectivity index (χ2v) is 22.8. The third-order valence-electron chi connectivity index (χ3n) is 13.6. The van der Waals surface area contributed by atoms with Crippen LogP contribution in [0, 0.1) is 0 Å². The van der Waals surface area contributed by atoms with Crippen LogP contribution >= 0.6 is 7.82 Å². The maximum Gasteiger partial charge on any atom is 0.268 e. The number of rotatable bonds is 54. The average molecular weight is 944 g/mol. The molecule has 0 aliphatic rings. The van der Waals surface area contributed by atoms with Crippen molar-refractivity contribution in [3.05, 3.63) is 0 Å². The number of phosphoric acid groups is 1. The molecule has 2 N–H and O–H groups in total. The molecule has 3 unspecified atom stereocenters. The van der Waals surface area contributed by atoms with E-state index in [2.05, 4.69) is 19.2 Å². The molecule has 0 spiro atoms. The molecule has 0 aliphatic heterocycles. The summed E-state index contributed by atoms with van der Waals surface area (Å²) >= 11 is 0. The van der Waals surface area contributed by atoms with Gasteiger partial charge in [0, 0.05) is 6.42 Å². The van der Waals surface area contributed by atoms with Gasteiger partial charge in [0.25, 0.3) is 7.82 Å². The normalized spacial score (nSPS) is 13.9. The third-order valence-corrected chi connectivity index (χ3v) is 14.6. The predicted molar refractivity (Wildman–Crippen MR) is 279 cm³/mol. The molecule has 0 aliphatic carbocycles. The van der Waals surface area contributed by atoms with E-state index in [4.69, 9.17) is 9.05 Å². The lowest BCUT2D eigenvalue weighted by Gasteiger charge is -2.30. The average Bonchev–Trinajstić information content (AvgIpc) is 3.26. The van der Waals surface area contributed by atoms with Gasteiger partial charge in [-0.1, -0.05) is 284 Å². The molecule has 65 heavy (non-hydrogen) atoms. The van der Waals surface area contributed by atoms with Gasteiger partial charge in [0.2, 0.25) is 5.91 Å². The molecular weight excluding hydrogens is 828 g/mol. The molecule has 0 aromatic carbocycles. The summed E-state index contributed by atoms with van der Waals surface area (Å²) in [4.78, 5) is 25.4. The van der Waals surface area contributed by atoms with E-state index in [1.807, 2.05) is 21.1 Å². The van der Waals surface area contributed by atoms with E-state index in [0.29, 0.717) is 23.9 Å². The van der Waals surface area contributed by atoms with Gasteiger partial charge in [0.05, 0.1) is 39.9 Å². The van der Waals surface area contributed by atoms with Crippen molar-refractivity contribution in [3.63, 3.8) is 0 Å². The monoisotopic (exact) mass is 943 g/mol. The summed E-state index contributed by atoms with van der Waals surface area (Å²) in [6.07, 6.45) is 57.3. The molecule has 0 heterocycles. The Morgan fingerprint density at radius 2 is 0.754 bits per heavy atom. The van der Waals surface area contributed by atoms with Crippen molar-refractivity contribution in [2.24, 2.45) is 0 Å². The lowest BCUT2D eigenvalue weighted by Crippen LogP contribution is -2.46. The van der Waals surface area contributed by atoms with E-state index < -0.39 is 20.0 Å². The molecule has 1 amide bonds. The van der Waals surface area contributed by atoms with Crippen LogP contribution in [0.4, 0.5) is 0 Å². The largest absolute Gasteiger partial charge is 0.756 e. The highest BCUT2D eigenvalue weighted by Crippen LogP contribution is 2.38. The maximum atomic E-state index is 12.9. The first-order valence-corrected chi connectivity index (χ1v) is 30.3. The fourth-order valence-corrected chi connectivity index (χ4v) is 9.77. The van der Waals surface area contributed by atoms with Crippen molar-refractivity contribution >= 4 is 13.7 Å². The maximum absolute atomic E-state index is 12.9. The van der Waals surface area contributed by atoms with Crippen LogP contribution in [0.25, 0.3) is 0 Å². The second-order valence-electron chi connectivity index (χ2n) is 21.4. The van der Waals surface area contributed by atoms with Crippen LogP contribution in [0.5, 0.6) is 0 Å². The SMILES string of the molecule is CCCCCCCCCCCCCCCCCCCCCCCCCCCCCCCCCCC(O)C(COP(=O)([O-])OCC[N+](C)(C)C)NC(=O)CCCCCCCCCCCCC. The number of unbranched alkanes of at least 4 members (excludes halogenated alkanes) is 41. The highest BCUT2D eigenvalue weighted by molar-refractivity contribution is 7.45. The van der Waals surface area contributed by atoms with E-state index in [1.165, 1.54) is 238 Å². The van der Waals surface area contributed by atoms with Crippen molar-refractivity contribution in [1.82, 2.24) is 5.32 Å². The molecule has 0 radical (unpaired) electrons. The molecule has 390 valence electrons. The summed E-state index contributed by atoms with van der Waals surface area (Å²) in [7, 11) is 1.32. The lowest BCUT2D eigenvalue weighted by atomic mass is 10.0. The van der Waals surface area contributed by atoms with Crippen LogP contribution in [-0.2, 0) is 18.4 Å². The zero-order valence-electron chi connectivity index (χ0n) is 44.5. The first kappa shape index (κ1) is 64.5. The number of likely N-dealkylation sites (N-methyl/N-ethyl adjacent to an activating group) is 1. The Kier molecular flexibility index (Phi) is 48.1. The second kappa shape index (κ2) is 48.5. The Balaban J connectivity index is 3.93. The molecule has 0 fully saturated rings. The fourth-order valence-electron chi connectivity index (χ4n) is 9.04. The highest BCUT2D eigenvalue weighted by atomic mass is 31.2. The van der Waals surface area contributed by atoms with Gasteiger partial charge in [0.15, 0.2) is 0 Å². The van der Waals surface area contributed by atoms with Gasteiger partial charge in [-0.25, -0.2) is 0 Å².